The van der Waals surface area contributed by atoms with Crippen LogP contribution >= 0.6 is 23.5 Å². The smallest absolute Gasteiger partial charge is 0.277 e. The Hall–Kier alpha value is -3.49. The fraction of sp³-hybridized carbons (Fsp3) is 0.0800. The molecule has 1 amide bonds. The van der Waals surface area contributed by atoms with Gasteiger partial charge in [-0.2, -0.15) is 0 Å². The van der Waals surface area contributed by atoms with E-state index in [1.165, 1.54) is 11.8 Å². The van der Waals surface area contributed by atoms with E-state index in [9.17, 15) is 4.79 Å². The minimum atomic E-state index is -0.425. The molecule has 0 aliphatic carbocycles. The highest BCUT2D eigenvalue weighted by molar-refractivity contribution is 8.00. The van der Waals surface area contributed by atoms with E-state index in [4.69, 9.17) is 4.42 Å². The normalized spacial score (nSPS) is 13.5. The number of benzene rings is 3. The molecule has 0 radical (unpaired) electrons. The first-order valence-electron chi connectivity index (χ1n) is 10.5. The molecule has 0 bridgehead atoms. The van der Waals surface area contributed by atoms with Crippen molar-refractivity contribution in [2.75, 3.05) is 4.90 Å². The number of thioether (sulfide) groups is 1. The third-order valence-corrected chi connectivity index (χ3v) is 7.56. The SMILES string of the molecule is CC(Sc1nnc(-c2c[nH]c3ccccc23)o1)C(=O)N1c2ccccc2Sc2ccccc21. The Morgan fingerprint density at radius 3 is 2.39 bits per heavy atom. The van der Waals surface area contributed by atoms with E-state index in [0.29, 0.717) is 11.1 Å². The summed E-state index contributed by atoms with van der Waals surface area (Å²) in [7, 11) is 0. The zero-order chi connectivity index (χ0) is 22.4. The van der Waals surface area contributed by atoms with E-state index in [1.807, 2.05) is 85.9 Å². The topological polar surface area (TPSA) is 75.0 Å². The Morgan fingerprint density at radius 2 is 1.64 bits per heavy atom. The van der Waals surface area contributed by atoms with Crippen molar-refractivity contribution in [3.8, 4) is 11.5 Å². The van der Waals surface area contributed by atoms with Gasteiger partial charge in [-0.1, -0.05) is 66.0 Å². The predicted octanol–water partition coefficient (Wildman–Crippen LogP) is 6.53. The Bertz CT molecular complexity index is 1450. The Kier molecular flexibility index (Phi) is 4.96. The van der Waals surface area contributed by atoms with Crippen LogP contribution in [0.2, 0.25) is 0 Å². The summed E-state index contributed by atoms with van der Waals surface area (Å²) in [6.45, 7) is 1.87. The maximum Gasteiger partial charge on any atom is 0.277 e. The van der Waals surface area contributed by atoms with Crippen LogP contribution in [-0.4, -0.2) is 26.3 Å². The van der Waals surface area contributed by atoms with Crippen LogP contribution < -0.4 is 4.90 Å². The molecule has 1 unspecified atom stereocenters. The highest BCUT2D eigenvalue weighted by atomic mass is 32.2. The Balaban J connectivity index is 1.28. The molecular formula is C25H18N4O2S2. The van der Waals surface area contributed by atoms with Crippen LogP contribution in [0, 0.1) is 0 Å². The van der Waals surface area contributed by atoms with Crippen molar-refractivity contribution < 1.29 is 9.21 Å². The summed E-state index contributed by atoms with van der Waals surface area (Å²) < 4.78 is 5.93. The highest BCUT2D eigenvalue weighted by Crippen LogP contribution is 2.48. The van der Waals surface area contributed by atoms with E-state index in [1.54, 1.807) is 16.7 Å². The molecule has 1 atom stereocenters. The van der Waals surface area contributed by atoms with Gasteiger partial charge in [0.05, 0.1) is 22.2 Å². The summed E-state index contributed by atoms with van der Waals surface area (Å²) in [4.78, 5) is 20.8. The number of carbonyl (C=O) groups is 1. The number of anilines is 2. The molecule has 3 heterocycles. The van der Waals surface area contributed by atoms with Crippen LogP contribution in [0.3, 0.4) is 0 Å². The number of aromatic nitrogens is 3. The van der Waals surface area contributed by atoms with Gasteiger partial charge in [0, 0.05) is 26.9 Å². The van der Waals surface area contributed by atoms with Crippen LogP contribution in [0.1, 0.15) is 6.92 Å². The van der Waals surface area contributed by atoms with E-state index in [2.05, 4.69) is 15.2 Å². The Morgan fingerprint density at radius 1 is 0.970 bits per heavy atom. The lowest BCUT2D eigenvalue weighted by Gasteiger charge is -2.32. The maximum atomic E-state index is 13.6. The molecular weight excluding hydrogens is 452 g/mol. The molecule has 33 heavy (non-hydrogen) atoms. The third-order valence-electron chi connectivity index (χ3n) is 5.50. The average molecular weight is 471 g/mol. The monoisotopic (exact) mass is 470 g/mol. The van der Waals surface area contributed by atoms with Crippen LogP contribution in [0.5, 0.6) is 0 Å². The number of carbonyl (C=O) groups excluding carboxylic acids is 1. The Labute approximate surface area is 198 Å². The van der Waals surface area contributed by atoms with Gasteiger partial charge < -0.3 is 9.40 Å². The van der Waals surface area contributed by atoms with Crippen molar-refractivity contribution >= 4 is 51.7 Å². The van der Waals surface area contributed by atoms with E-state index < -0.39 is 5.25 Å². The van der Waals surface area contributed by atoms with Gasteiger partial charge in [-0.15, -0.1) is 10.2 Å². The van der Waals surface area contributed by atoms with Crippen LogP contribution in [0.15, 0.2) is 98.4 Å². The lowest BCUT2D eigenvalue weighted by atomic mass is 10.2. The van der Waals surface area contributed by atoms with Gasteiger partial charge in [-0.25, -0.2) is 0 Å². The summed E-state index contributed by atoms with van der Waals surface area (Å²) in [6, 6.07) is 23.9. The van der Waals surface area contributed by atoms with Crippen molar-refractivity contribution in [3.63, 3.8) is 0 Å². The number of amides is 1. The number of H-pyrrole nitrogens is 1. The van der Waals surface area contributed by atoms with Gasteiger partial charge in [0.1, 0.15) is 0 Å². The molecule has 6 rings (SSSR count). The summed E-state index contributed by atoms with van der Waals surface area (Å²) in [5, 5.41) is 9.37. The number of fused-ring (bicyclic) bond motifs is 3. The van der Waals surface area contributed by atoms with Crippen LogP contribution in [-0.2, 0) is 4.79 Å². The first kappa shape index (κ1) is 20.1. The molecule has 0 saturated heterocycles. The molecule has 162 valence electrons. The fourth-order valence-corrected chi connectivity index (χ4v) is 5.72. The second-order valence-electron chi connectivity index (χ2n) is 7.59. The number of hydrogen-bond donors (Lipinski definition) is 1. The molecule has 1 aliphatic rings. The van der Waals surface area contributed by atoms with Crippen molar-refractivity contribution in [1.82, 2.24) is 15.2 Å². The van der Waals surface area contributed by atoms with Gasteiger partial charge in [0.15, 0.2) is 0 Å². The average Bonchev–Trinajstić information content (AvgIpc) is 3.49. The first-order valence-corrected chi connectivity index (χ1v) is 12.2. The zero-order valence-electron chi connectivity index (χ0n) is 17.6. The molecule has 1 aliphatic heterocycles. The molecule has 0 spiro atoms. The molecule has 5 aromatic rings. The first-order chi connectivity index (χ1) is 16.2. The lowest BCUT2D eigenvalue weighted by Crippen LogP contribution is -2.34. The molecule has 0 fully saturated rings. The summed E-state index contributed by atoms with van der Waals surface area (Å²) in [6.07, 6.45) is 1.86. The quantitative estimate of drug-likeness (QED) is 0.301. The third kappa shape index (κ3) is 3.51. The summed E-state index contributed by atoms with van der Waals surface area (Å²) in [5.41, 5.74) is 3.64. The summed E-state index contributed by atoms with van der Waals surface area (Å²) in [5.74, 6) is 0.395. The number of hydrogen-bond acceptors (Lipinski definition) is 6. The largest absolute Gasteiger partial charge is 0.411 e. The second kappa shape index (κ2) is 8.13. The minimum absolute atomic E-state index is 0.0351. The minimum Gasteiger partial charge on any atom is -0.411 e. The van der Waals surface area contributed by atoms with Gasteiger partial charge in [0.25, 0.3) is 11.1 Å². The molecule has 6 nitrogen and oxygen atoms in total. The van der Waals surface area contributed by atoms with Crippen molar-refractivity contribution in [2.45, 2.75) is 27.2 Å². The van der Waals surface area contributed by atoms with E-state index >= 15 is 0 Å². The zero-order valence-corrected chi connectivity index (χ0v) is 19.2. The van der Waals surface area contributed by atoms with Crippen LogP contribution in [0.4, 0.5) is 11.4 Å². The number of para-hydroxylation sites is 3. The molecule has 2 aromatic heterocycles. The van der Waals surface area contributed by atoms with Gasteiger partial charge in [0.2, 0.25) is 5.91 Å². The standard InChI is InChI=1S/C25H18N4O2S2/c1-15(32-25-28-27-23(31-25)17-14-26-18-9-3-2-8-16(17)18)24(30)29-19-10-4-6-12-21(19)33-22-13-7-5-11-20(22)29/h2-15,26H,1H3. The van der Waals surface area contributed by atoms with E-state index in [0.717, 1.165) is 37.6 Å². The van der Waals surface area contributed by atoms with E-state index in [-0.39, 0.29) is 5.91 Å². The molecule has 8 heteroatoms. The highest BCUT2D eigenvalue weighted by Gasteiger charge is 2.32. The summed E-state index contributed by atoms with van der Waals surface area (Å²) >= 11 is 2.95. The molecule has 3 aromatic carbocycles. The van der Waals surface area contributed by atoms with Crippen LogP contribution in [0.25, 0.3) is 22.4 Å². The van der Waals surface area contributed by atoms with Gasteiger partial charge in [-0.05, 0) is 37.3 Å². The number of nitrogens with zero attached hydrogens (tertiary/aromatic N) is 3. The number of rotatable bonds is 4. The maximum absolute atomic E-state index is 13.6. The van der Waals surface area contributed by atoms with Crippen molar-refractivity contribution in [3.05, 3.63) is 79.0 Å². The second-order valence-corrected chi connectivity index (χ2v) is 9.97. The van der Waals surface area contributed by atoms with Crippen molar-refractivity contribution in [2.24, 2.45) is 0 Å². The lowest BCUT2D eigenvalue weighted by molar-refractivity contribution is -0.117. The molecule has 0 saturated carbocycles. The number of nitrogens with one attached hydrogen (secondary N) is 1. The molecule has 1 N–H and O–H groups in total. The van der Waals surface area contributed by atoms with Gasteiger partial charge >= 0.3 is 0 Å². The predicted molar refractivity (Wildman–Crippen MR) is 131 cm³/mol. The van der Waals surface area contributed by atoms with Gasteiger partial charge in [-0.3, -0.25) is 9.69 Å². The number of aromatic amines is 1. The fourth-order valence-electron chi connectivity index (χ4n) is 3.94. The van der Waals surface area contributed by atoms with Crippen molar-refractivity contribution in [1.29, 1.82) is 0 Å².